The predicted molar refractivity (Wildman–Crippen MR) is 158 cm³/mol. The zero-order valence-corrected chi connectivity index (χ0v) is 28.6. The van der Waals surface area contributed by atoms with Crippen LogP contribution in [0, 0.1) is 29.7 Å². The third kappa shape index (κ3) is 7.50. The fraction of sp³-hybridized carbons (Fsp3) is 0.500. The van der Waals surface area contributed by atoms with Gasteiger partial charge in [-0.15, -0.1) is 46.2 Å². The topological polar surface area (TPSA) is 0 Å². The van der Waals surface area contributed by atoms with Gasteiger partial charge in [-0.2, -0.15) is 6.08 Å². The Bertz CT molecular complexity index is 1230. The van der Waals surface area contributed by atoms with Crippen molar-refractivity contribution in [3.05, 3.63) is 77.9 Å². The van der Waals surface area contributed by atoms with Crippen LogP contribution >= 0.6 is 0 Å². The Morgan fingerprint density at radius 1 is 0.718 bits per heavy atom. The summed E-state index contributed by atoms with van der Waals surface area (Å²) in [5.41, 5.74) is 3.20. The summed E-state index contributed by atoms with van der Waals surface area (Å²) >= 11 is 1.76. The summed E-state index contributed by atoms with van der Waals surface area (Å²) in [6.07, 6.45) is 17.9. The van der Waals surface area contributed by atoms with Crippen LogP contribution in [0.5, 0.6) is 0 Å². The van der Waals surface area contributed by atoms with E-state index in [1.165, 1.54) is 32.7 Å². The normalized spacial score (nSPS) is 24.6. The van der Waals surface area contributed by atoms with Gasteiger partial charge in [0.2, 0.25) is 0 Å². The summed E-state index contributed by atoms with van der Waals surface area (Å²) in [6, 6.07) is 16.1. The van der Waals surface area contributed by atoms with Gasteiger partial charge in [-0.05, 0) is 10.8 Å². The molecule has 0 saturated heterocycles. The Morgan fingerprint density at radius 3 is 1.51 bits per heavy atom. The van der Waals surface area contributed by atoms with Crippen molar-refractivity contribution in [3.8, 4) is 0 Å². The van der Waals surface area contributed by atoms with E-state index in [0.29, 0.717) is 0 Å². The number of fused-ring (bicyclic) bond motifs is 3. The minimum atomic E-state index is 0. The molecule has 4 bridgehead atoms. The number of hydrogen-bond acceptors (Lipinski definition) is 0. The zero-order valence-electron chi connectivity index (χ0n) is 24.6. The van der Waals surface area contributed by atoms with Crippen molar-refractivity contribution in [2.75, 3.05) is 0 Å². The van der Waals surface area contributed by atoms with Gasteiger partial charge in [-0.1, -0.05) is 76.9 Å². The summed E-state index contributed by atoms with van der Waals surface area (Å²) in [7, 11) is 0. The molecule has 3 aromatic rings. The quantitative estimate of drug-likeness (QED) is 0.329. The van der Waals surface area contributed by atoms with Crippen LogP contribution in [0.2, 0.25) is 0 Å². The fourth-order valence-corrected chi connectivity index (χ4v) is 8.12. The van der Waals surface area contributed by atoms with Gasteiger partial charge in [-0.25, -0.2) is 12.2 Å². The van der Waals surface area contributed by atoms with Gasteiger partial charge in [0.1, 0.15) is 0 Å². The Balaban J connectivity index is 0.000000194. The molecule has 208 valence electrons. The summed E-state index contributed by atoms with van der Waals surface area (Å²) in [5, 5.41) is 5.49. The summed E-state index contributed by atoms with van der Waals surface area (Å²) < 4.78 is 1.96. The van der Waals surface area contributed by atoms with E-state index >= 15 is 0 Å². The van der Waals surface area contributed by atoms with Crippen molar-refractivity contribution in [1.29, 1.82) is 0 Å². The van der Waals surface area contributed by atoms with Crippen molar-refractivity contribution in [2.45, 2.75) is 90.9 Å². The van der Waals surface area contributed by atoms with E-state index in [1.807, 2.05) is 15.4 Å². The second-order valence-corrected chi connectivity index (χ2v) is 15.4. The first-order valence-electron chi connectivity index (χ1n) is 14.4. The number of allylic oxidation sites excluding steroid dienone is 4. The molecule has 39 heavy (non-hydrogen) atoms. The van der Waals surface area contributed by atoms with Crippen LogP contribution in [0.4, 0.5) is 0 Å². The molecular formula is C36H44Cl2Zr-2. The number of hydrogen-bond donors (Lipinski definition) is 0. The maximum absolute atomic E-state index is 2.99. The minimum absolute atomic E-state index is 0. The molecule has 0 spiro atoms. The molecule has 4 saturated carbocycles. The molecular weight excluding hydrogens is 595 g/mol. The molecule has 0 N–H and O–H groups in total. The molecule has 0 radical (unpaired) electrons. The Labute approximate surface area is 264 Å². The molecule has 0 heterocycles. The van der Waals surface area contributed by atoms with Gasteiger partial charge in [-0.3, -0.25) is 6.08 Å². The predicted octanol–water partition coefficient (Wildman–Crippen LogP) is 3.78. The molecule has 0 nitrogen and oxygen atoms in total. The third-order valence-electron chi connectivity index (χ3n) is 9.04. The Hall–Kier alpha value is -0.877. The van der Waals surface area contributed by atoms with Crippen LogP contribution in [0.25, 0.3) is 21.5 Å². The van der Waals surface area contributed by atoms with Gasteiger partial charge >= 0.3 is 83.2 Å². The first kappa shape index (κ1) is 32.6. The molecule has 3 aromatic carbocycles. The summed E-state index contributed by atoms with van der Waals surface area (Å²) in [4.78, 5) is 0. The van der Waals surface area contributed by atoms with E-state index in [2.05, 4.69) is 96.2 Å². The molecule has 0 aromatic heterocycles. The first-order chi connectivity index (χ1) is 17.5. The van der Waals surface area contributed by atoms with Gasteiger partial charge in [0, 0.05) is 0 Å². The van der Waals surface area contributed by atoms with Crippen molar-refractivity contribution >= 4 is 24.8 Å². The molecule has 0 unspecified atom stereocenters. The summed E-state index contributed by atoms with van der Waals surface area (Å²) in [5.74, 6) is 4.51. The van der Waals surface area contributed by atoms with Crippen LogP contribution in [-0.4, -0.2) is 3.21 Å². The van der Waals surface area contributed by atoms with Crippen LogP contribution in [0.1, 0.15) is 91.2 Å². The fourth-order valence-electron chi connectivity index (χ4n) is 6.96. The van der Waals surface area contributed by atoms with E-state index in [-0.39, 0.29) is 35.6 Å². The van der Waals surface area contributed by atoms with Crippen LogP contribution in [0.15, 0.2) is 60.7 Å². The van der Waals surface area contributed by atoms with Crippen LogP contribution in [-0.2, 0) is 35.1 Å². The van der Waals surface area contributed by atoms with Gasteiger partial charge in [0.05, 0.1) is 0 Å². The molecule has 0 atom stereocenters. The maximum atomic E-state index is 2.99. The number of rotatable bonds is 0. The van der Waals surface area contributed by atoms with E-state index in [1.54, 1.807) is 56.3 Å². The number of halogens is 2. The Kier molecular flexibility index (Phi) is 10.8. The standard InChI is InChI=1S/C21H25.C10H14.C5H5.2ClH.Zr/c1-20(2,3)16-9-7-14-11-15-8-10-17(21(4,5)6)13-19(15)18(14)12-16;1-7-2-9-4-8(1)5-10(3-7)6-9;1-2-4-5-3-1;;;/h7-13H,1-6H3;7-10H,1-5H2;1-3H,4H2;2*1H;/q-1;;-1;;;+2/p-2. The molecule has 0 aliphatic heterocycles. The van der Waals surface area contributed by atoms with Crippen molar-refractivity contribution in [1.82, 2.24) is 0 Å². The van der Waals surface area contributed by atoms with Crippen LogP contribution < -0.4 is 24.8 Å². The van der Waals surface area contributed by atoms with Crippen LogP contribution in [0.3, 0.4) is 0 Å². The van der Waals surface area contributed by atoms with Gasteiger partial charge < -0.3 is 24.8 Å². The third-order valence-corrected chi connectivity index (χ3v) is 11.1. The van der Waals surface area contributed by atoms with E-state index in [4.69, 9.17) is 0 Å². The monoisotopic (exact) mass is 636 g/mol. The molecule has 5 aliphatic rings. The van der Waals surface area contributed by atoms with E-state index in [0.717, 1.165) is 30.1 Å². The average Bonchev–Trinajstić information content (AvgIpc) is 3.52. The van der Waals surface area contributed by atoms with Gasteiger partial charge in [0.15, 0.2) is 0 Å². The first-order valence-corrected chi connectivity index (χ1v) is 15.7. The van der Waals surface area contributed by atoms with Crippen molar-refractivity contribution in [2.24, 2.45) is 23.7 Å². The van der Waals surface area contributed by atoms with Gasteiger partial charge in [0.25, 0.3) is 0 Å². The molecule has 8 rings (SSSR count). The molecule has 4 fully saturated rings. The zero-order chi connectivity index (χ0) is 26.4. The second-order valence-electron chi connectivity index (χ2n) is 14.0. The molecule has 3 heteroatoms. The second kappa shape index (κ2) is 13.0. The van der Waals surface area contributed by atoms with E-state index < -0.39 is 0 Å². The summed E-state index contributed by atoms with van der Waals surface area (Å²) in [6.45, 7) is 13.7. The average molecular weight is 639 g/mol. The van der Waals surface area contributed by atoms with Crippen molar-refractivity contribution < 1.29 is 49.0 Å². The SMILES string of the molecule is CC(C)(C)c1ccc2[cH-]c3ccc(C(C)(C)C)cc3c2c1.[C-]1=CC=CC1.[Cl-].[Cl-].[Zr+2]=[C]1C2CC3CC(C2)CC1C3. The van der Waals surface area contributed by atoms with E-state index in [9.17, 15) is 0 Å². The molecule has 5 aliphatic carbocycles. The van der Waals surface area contributed by atoms with Crippen molar-refractivity contribution in [3.63, 3.8) is 0 Å². The molecule has 0 amide bonds. The Morgan fingerprint density at radius 2 is 1.18 bits per heavy atom. The number of benzene rings is 2.